The number of carbonyl (C=O) groups is 1. The van der Waals surface area contributed by atoms with Crippen molar-refractivity contribution in [1.29, 1.82) is 0 Å². The third-order valence-electron chi connectivity index (χ3n) is 5.63. The van der Waals surface area contributed by atoms with E-state index in [1.165, 1.54) is 18.4 Å². The van der Waals surface area contributed by atoms with Crippen molar-refractivity contribution in [2.24, 2.45) is 0 Å². The molecule has 0 unspecified atom stereocenters. The molecular weight excluding hydrogens is 348 g/mol. The number of nitrogens with zero attached hydrogens (tertiary/aromatic N) is 2. The zero-order chi connectivity index (χ0) is 19.3. The Morgan fingerprint density at radius 1 is 1.21 bits per heavy atom. The minimum atomic E-state index is 0.101. The number of benzene rings is 2. The Morgan fingerprint density at radius 2 is 2.11 bits per heavy atom. The monoisotopic (exact) mass is 376 g/mol. The number of carbonyl (C=O) groups excluding carboxylic acids is 1. The summed E-state index contributed by atoms with van der Waals surface area (Å²) in [5, 5.41) is 3.46. The summed E-state index contributed by atoms with van der Waals surface area (Å²) in [6, 6.07) is 16.2. The lowest BCUT2D eigenvalue weighted by Gasteiger charge is -2.24. The molecule has 0 saturated carbocycles. The lowest BCUT2D eigenvalue weighted by Crippen LogP contribution is -2.33. The highest BCUT2D eigenvalue weighted by atomic mass is 16.2. The molecule has 1 saturated heterocycles. The van der Waals surface area contributed by atoms with Gasteiger partial charge in [-0.2, -0.15) is 0 Å². The molecular formula is C23H28N4O. The molecule has 28 heavy (non-hydrogen) atoms. The second kappa shape index (κ2) is 8.57. The zero-order valence-electron chi connectivity index (χ0n) is 16.4. The molecule has 1 fully saturated rings. The number of imidazole rings is 1. The summed E-state index contributed by atoms with van der Waals surface area (Å²) in [6.45, 7) is 5.48. The molecule has 146 valence electrons. The van der Waals surface area contributed by atoms with Gasteiger partial charge in [0.25, 0.3) is 5.91 Å². The van der Waals surface area contributed by atoms with Crippen LogP contribution in [-0.4, -0.2) is 47.0 Å². The first-order chi connectivity index (χ1) is 13.7. The summed E-state index contributed by atoms with van der Waals surface area (Å²) in [7, 11) is 0. The van der Waals surface area contributed by atoms with Crippen molar-refractivity contribution in [2.75, 3.05) is 26.2 Å². The van der Waals surface area contributed by atoms with Crippen molar-refractivity contribution >= 4 is 16.9 Å². The van der Waals surface area contributed by atoms with Crippen LogP contribution in [0.25, 0.3) is 11.0 Å². The summed E-state index contributed by atoms with van der Waals surface area (Å²) in [6.07, 6.45) is 3.11. The maximum atomic E-state index is 13.1. The van der Waals surface area contributed by atoms with Crippen molar-refractivity contribution in [1.82, 2.24) is 20.2 Å². The van der Waals surface area contributed by atoms with E-state index in [0.717, 1.165) is 41.9 Å². The number of hydrogen-bond acceptors (Lipinski definition) is 3. The Morgan fingerprint density at radius 3 is 2.89 bits per heavy atom. The fourth-order valence-electron chi connectivity index (χ4n) is 4.01. The van der Waals surface area contributed by atoms with Gasteiger partial charge in [0.15, 0.2) is 0 Å². The van der Waals surface area contributed by atoms with Crippen LogP contribution in [0.2, 0.25) is 0 Å². The van der Waals surface area contributed by atoms with Crippen molar-refractivity contribution in [3.8, 4) is 0 Å². The first-order valence-corrected chi connectivity index (χ1v) is 10.3. The molecule has 0 radical (unpaired) electrons. The summed E-state index contributed by atoms with van der Waals surface area (Å²) < 4.78 is 0. The molecule has 1 aromatic heterocycles. The lowest BCUT2D eigenvalue weighted by molar-refractivity contribution is 0.0765. The van der Waals surface area contributed by atoms with Crippen LogP contribution in [-0.2, 0) is 6.42 Å². The number of nitrogens with one attached hydrogen (secondary N) is 2. The van der Waals surface area contributed by atoms with E-state index < -0.39 is 0 Å². The zero-order valence-corrected chi connectivity index (χ0v) is 16.4. The molecule has 2 N–H and O–H groups in total. The number of likely N-dealkylation sites (N-methyl/N-ethyl adjacent to an activating group) is 1. The standard InChI is InChI=1S/C23H28N4O/c1-2-27(14-12-22-25-20-10-3-4-11-21(20)26-22)23(28)18-8-5-7-17(15-18)19-9-6-13-24-16-19/h3-5,7-8,10-11,15,19,24H,2,6,9,12-14,16H2,1H3,(H,25,26)/t19-/m1/s1. The molecule has 1 aliphatic heterocycles. The smallest absolute Gasteiger partial charge is 0.253 e. The van der Waals surface area contributed by atoms with Crippen molar-refractivity contribution in [3.63, 3.8) is 0 Å². The lowest BCUT2D eigenvalue weighted by atomic mass is 9.90. The molecule has 1 amide bonds. The van der Waals surface area contributed by atoms with Gasteiger partial charge in [-0.1, -0.05) is 24.3 Å². The Bertz CT molecular complexity index is 909. The fraction of sp³-hybridized carbons (Fsp3) is 0.391. The van der Waals surface area contributed by atoms with Gasteiger partial charge in [-0.05, 0) is 62.1 Å². The van der Waals surface area contributed by atoms with Gasteiger partial charge in [0.05, 0.1) is 11.0 Å². The summed E-state index contributed by atoms with van der Waals surface area (Å²) in [5.74, 6) is 1.53. The second-order valence-electron chi connectivity index (χ2n) is 7.50. The number of aromatic amines is 1. The molecule has 0 spiro atoms. The van der Waals surface area contributed by atoms with Gasteiger partial charge in [0.2, 0.25) is 0 Å². The molecule has 0 aliphatic carbocycles. The predicted octanol–water partition coefficient (Wildman–Crippen LogP) is 3.73. The van der Waals surface area contributed by atoms with Gasteiger partial charge in [-0.15, -0.1) is 0 Å². The first-order valence-electron chi connectivity index (χ1n) is 10.3. The van der Waals surface area contributed by atoms with E-state index in [1.807, 2.05) is 48.2 Å². The summed E-state index contributed by atoms with van der Waals surface area (Å²) >= 11 is 0. The number of para-hydroxylation sites is 2. The highest BCUT2D eigenvalue weighted by molar-refractivity contribution is 5.94. The SMILES string of the molecule is CCN(CCc1nc2ccccc2[nH]1)C(=O)c1cccc([C@@H]2CCCNC2)c1. The maximum Gasteiger partial charge on any atom is 0.253 e. The van der Waals surface area contributed by atoms with Crippen LogP contribution in [0.3, 0.4) is 0 Å². The molecule has 0 bridgehead atoms. The third kappa shape index (κ3) is 4.09. The highest BCUT2D eigenvalue weighted by Gasteiger charge is 2.19. The van der Waals surface area contributed by atoms with E-state index in [0.29, 0.717) is 19.0 Å². The Balaban J connectivity index is 1.44. The number of hydrogen-bond donors (Lipinski definition) is 2. The van der Waals surface area contributed by atoms with Gasteiger partial charge < -0.3 is 15.2 Å². The normalized spacial score (nSPS) is 17.0. The van der Waals surface area contributed by atoms with Crippen LogP contribution in [0, 0.1) is 0 Å². The van der Waals surface area contributed by atoms with Crippen LogP contribution < -0.4 is 5.32 Å². The Labute approximate surface area is 166 Å². The number of fused-ring (bicyclic) bond motifs is 1. The van der Waals surface area contributed by atoms with Gasteiger partial charge >= 0.3 is 0 Å². The fourth-order valence-corrected chi connectivity index (χ4v) is 4.01. The molecule has 5 nitrogen and oxygen atoms in total. The first kappa shape index (κ1) is 18.7. The minimum absolute atomic E-state index is 0.101. The van der Waals surface area contributed by atoms with Gasteiger partial charge in [-0.25, -0.2) is 4.98 Å². The number of piperidine rings is 1. The van der Waals surface area contributed by atoms with Crippen LogP contribution in [0.1, 0.15) is 47.4 Å². The molecule has 4 rings (SSSR count). The van der Waals surface area contributed by atoms with Gasteiger partial charge in [-0.3, -0.25) is 4.79 Å². The number of H-pyrrole nitrogens is 1. The van der Waals surface area contributed by atoms with Crippen LogP contribution in [0.15, 0.2) is 48.5 Å². The van der Waals surface area contributed by atoms with Crippen LogP contribution in [0.5, 0.6) is 0 Å². The molecule has 1 aliphatic rings. The van der Waals surface area contributed by atoms with E-state index in [1.54, 1.807) is 0 Å². The van der Waals surface area contributed by atoms with Gasteiger partial charge in [0.1, 0.15) is 5.82 Å². The molecule has 2 aromatic carbocycles. The molecule has 2 heterocycles. The predicted molar refractivity (Wildman–Crippen MR) is 113 cm³/mol. The quantitative estimate of drug-likeness (QED) is 0.689. The van der Waals surface area contributed by atoms with E-state index >= 15 is 0 Å². The van der Waals surface area contributed by atoms with E-state index in [9.17, 15) is 4.79 Å². The Hall–Kier alpha value is -2.66. The van der Waals surface area contributed by atoms with Gasteiger partial charge in [0, 0.05) is 31.6 Å². The van der Waals surface area contributed by atoms with Crippen molar-refractivity contribution < 1.29 is 4.79 Å². The average Bonchev–Trinajstić information content (AvgIpc) is 3.18. The number of amides is 1. The van der Waals surface area contributed by atoms with Crippen LogP contribution in [0.4, 0.5) is 0 Å². The minimum Gasteiger partial charge on any atom is -0.342 e. The Kier molecular flexibility index (Phi) is 5.72. The van der Waals surface area contributed by atoms with Crippen molar-refractivity contribution in [3.05, 3.63) is 65.5 Å². The van der Waals surface area contributed by atoms with Crippen LogP contribution >= 0.6 is 0 Å². The van der Waals surface area contributed by atoms with E-state index in [2.05, 4.69) is 27.4 Å². The maximum absolute atomic E-state index is 13.1. The topological polar surface area (TPSA) is 61.0 Å². The largest absolute Gasteiger partial charge is 0.342 e. The average molecular weight is 377 g/mol. The third-order valence-corrected chi connectivity index (χ3v) is 5.63. The molecule has 5 heteroatoms. The number of aromatic nitrogens is 2. The molecule has 3 aromatic rings. The summed E-state index contributed by atoms with van der Waals surface area (Å²) in [5.41, 5.74) is 4.07. The number of rotatable bonds is 6. The van der Waals surface area contributed by atoms with Crippen molar-refractivity contribution in [2.45, 2.75) is 32.1 Å². The van der Waals surface area contributed by atoms with E-state index in [-0.39, 0.29) is 5.91 Å². The highest BCUT2D eigenvalue weighted by Crippen LogP contribution is 2.24. The van der Waals surface area contributed by atoms with E-state index in [4.69, 9.17) is 0 Å². The summed E-state index contributed by atoms with van der Waals surface area (Å²) in [4.78, 5) is 23.0. The molecule has 1 atom stereocenters. The second-order valence-corrected chi connectivity index (χ2v) is 7.50.